The van der Waals surface area contributed by atoms with E-state index in [0.717, 1.165) is 6.42 Å². The zero-order valence-electron chi connectivity index (χ0n) is 19.1. The number of rotatable bonds is 3. The molecule has 0 bridgehead atoms. The molecule has 2 saturated heterocycles. The van der Waals surface area contributed by atoms with Gasteiger partial charge in [0, 0.05) is 37.2 Å². The minimum Gasteiger partial charge on any atom is -0.392 e. The number of nitrogens with zero attached hydrogens (tertiary/aromatic N) is 2. The maximum atomic E-state index is 13.6. The van der Waals surface area contributed by atoms with Crippen LogP contribution in [0.4, 0.5) is 30.7 Å². The van der Waals surface area contributed by atoms with Crippen molar-refractivity contribution < 1.29 is 40.6 Å². The van der Waals surface area contributed by atoms with Crippen LogP contribution in [0.1, 0.15) is 52.2 Å². The molecule has 0 spiro atoms. The number of piperidine rings is 2. The molecule has 0 saturated carbocycles. The van der Waals surface area contributed by atoms with E-state index in [4.69, 9.17) is 0 Å². The average molecular weight is 518 g/mol. The molecule has 2 fully saturated rings. The van der Waals surface area contributed by atoms with Crippen molar-refractivity contribution in [3.05, 3.63) is 70.5 Å². The first-order valence-electron chi connectivity index (χ1n) is 11.6. The topological polar surface area (TPSA) is 43.8 Å². The van der Waals surface area contributed by atoms with E-state index in [0.29, 0.717) is 43.6 Å². The van der Waals surface area contributed by atoms with E-state index in [1.807, 2.05) is 0 Å². The van der Waals surface area contributed by atoms with Gasteiger partial charge in [0.05, 0.1) is 17.2 Å². The van der Waals surface area contributed by atoms with Gasteiger partial charge in [-0.3, -0.25) is 9.69 Å². The highest BCUT2D eigenvalue weighted by atomic mass is 19.4. The summed E-state index contributed by atoms with van der Waals surface area (Å²) in [6.45, 7) is 1.26. The van der Waals surface area contributed by atoms with Crippen LogP contribution in [0.15, 0.2) is 42.5 Å². The Bertz CT molecular complexity index is 1050. The minimum atomic E-state index is -5.06. The highest BCUT2D eigenvalue weighted by Gasteiger charge is 2.40. The number of carbonyl (C=O) groups is 1. The quantitative estimate of drug-likeness (QED) is 0.560. The van der Waals surface area contributed by atoms with Crippen LogP contribution in [0.3, 0.4) is 0 Å². The number of halogens is 7. The lowest BCUT2D eigenvalue weighted by atomic mass is 9.83. The average Bonchev–Trinajstić information content (AvgIpc) is 2.82. The van der Waals surface area contributed by atoms with Crippen molar-refractivity contribution >= 4 is 5.91 Å². The second kappa shape index (κ2) is 10.0. The van der Waals surface area contributed by atoms with E-state index in [-0.39, 0.29) is 31.1 Å². The summed E-state index contributed by atoms with van der Waals surface area (Å²) in [5.41, 5.74) is -3.10. The lowest BCUT2D eigenvalue weighted by molar-refractivity contribution is -0.143. The van der Waals surface area contributed by atoms with Crippen LogP contribution in [0.25, 0.3) is 0 Å². The molecule has 3 atom stereocenters. The lowest BCUT2D eigenvalue weighted by Gasteiger charge is -2.46. The number of hydrogen-bond acceptors (Lipinski definition) is 3. The summed E-state index contributed by atoms with van der Waals surface area (Å²) < 4.78 is 93.3. The summed E-state index contributed by atoms with van der Waals surface area (Å²) in [4.78, 5) is 16.5. The lowest BCUT2D eigenvalue weighted by Crippen LogP contribution is -2.54. The third kappa shape index (κ3) is 5.83. The number of likely N-dealkylation sites (tertiary alicyclic amines) is 2. The van der Waals surface area contributed by atoms with Crippen molar-refractivity contribution in [2.45, 2.75) is 49.7 Å². The van der Waals surface area contributed by atoms with Crippen LogP contribution in [-0.4, -0.2) is 59.1 Å². The molecule has 2 aromatic carbocycles. The van der Waals surface area contributed by atoms with E-state index >= 15 is 0 Å². The summed E-state index contributed by atoms with van der Waals surface area (Å²) >= 11 is 0. The summed E-state index contributed by atoms with van der Waals surface area (Å²) in [6, 6.07) is 6.39. The molecule has 4 rings (SSSR count). The van der Waals surface area contributed by atoms with Gasteiger partial charge in [-0.05, 0) is 61.7 Å². The smallest absolute Gasteiger partial charge is 0.392 e. The highest BCUT2D eigenvalue weighted by Crippen LogP contribution is 2.38. The Kier molecular flexibility index (Phi) is 7.34. The molecule has 1 N–H and O–H groups in total. The molecule has 3 unspecified atom stereocenters. The number of hydrogen-bond donors (Lipinski definition) is 1. The highest BCUT2D eigenvalue weighted by molar-refractivity contribution is 5.95. The summed E-state index contributed by atoms with van der Waals surface area (Å²) in [5.74, 6) is -1.77. The first kappa shape index (κ1) is 26.4. The summed E-state index contributed by atoms with van der Waals surface area (Å²) in [6.07, 6.45) is -8.82. The van der Waals surface area contributed by atoms with Crippen LogP contribution in [0.5, 0.6) is 0 Å². The zero-order chi connectivity index (χ0) is 26.3. The summed E-state index contributed by atoms with van der Waals surface area (Å²) in [5, 5.41) is 10.1. The first-order chi connectivity index (χ1) is 16.8. The van der Waals surface area contributed by atoms with Gasteiger partial charge in [0.1, 0.15) is 5.82 Å². The largest absolute Gasteiger partial charge is 0.416 e. The normalized spacial score (nSPS) is 24.1. The van der Waals surface area contributed by atoms with Crippen molar-refractivity contribution in [2.75, 3.05) is 26.2 Å². The van der Waals surface area contributed by atoms with Gasteiger partial charge in [0.2, 0.25) is 0 Å². The SMILES string of the molecule is O=C(c1cc(C(F)(F)F)cc(C(F)(F)F)c1)N1CCC(N2CCCC(O)C2)C(c2ccc(F)cc2)C1. The Morgan fingerprint density at radius 2 is 1.47 bits per heavy atom. The Morgan fingerprint density at radius 3 is 2.03 bits per heavy atom. The van der Waals surface area contributed by atoms with Crippen LogP contribution >= 0.6 is 0 Å². The molecule has 11 heteroatoms. The van der Waals surface area contributed by atoms with E-state index < -0.39 is 46.9 Å². The predicted molar refractivity (Wildman–Crippen MR) is 117 cm³/mol. The number of aliphatic hydroxyl groups excluding tert-OH is 1. The molecule has 1 amide bonds. The standard InChI is InChI=1S/C25H25F7N2O2/c26-19-5-3-15(4-6-19)21-14-34(9-7-22(21)33-8-1-2-20(35)13-33)23(36)16-10-17(24(27,28)29)12-18(11-16)25(30,31)32/h3-6,10-12,20-22,35H,1-2,7-9,13-14H2. The number of carbonyl (C=O) groups excluding carboxylic acids is 1. The molecule has 2 heterocycles. The maximum absolute atomic E-state index is 13.6. The number of β-amino-alcohol motifs (C(OH)–C–C–N with tert-alkyl or cyclic N) is 1. The molecule has 2 aliphatic heterocycles. The molecular weight excluding hydrogens is 493 g/mol. The van der Waals surface area contributed by atoms with E-state index in [9.17, 15) is 40.6 Å². The second-order valence-corrected chi connectivity index (χ2v) is 9.35. The van der Waals surface area contributed by atoms with Gasteiger partial charge in [0.25, 0.3) is 5.91 Å². The Morgan fingerprint density at radius 1 is 0.861 bits per heavy atom. The molecule has 36 heavy (non-hydrogen) atoms. The van der Waals surface area contributed by atoms with Gasteiger partial charge >= 0.3 is 12.4 Å². The van der Waals surface area contributed by atoms with E-state index in [1.165, 1.54) is 17.0 Å². The van der Waals surface area contributed by atoms with Gasteiger partial charge < -0.3 is 10.0 Å². The zero-order valence-corrected chi connectivity index (χ0v) is 19.1. The predicted octanol–water partition coefficient (Wildman–Crippen LogP) is 5.32. The van der Waals surface area contributed by atoms with Crippen molar-refractivity contribution in [1.82, 2.24) is 9.80 Å². The first-order valence-corrected chi connectivity index (χ1v) is 11.6. The molecule has 2 aromatic rings. The number of benzene rings is 2. The monoisotopic (exact) mass is 518 g/mol. The molecule has 0 radical (unpaired) electrons. The van der Waals surface area contributed by atoms with Crippen LogP contribution < -0.4 is 0 Å². The fourth-order valence-electron chi connectivity index (χ4n) is 5.14. The van der Waals surface area contributed by atoms with E-state index in [2.05, 4.69) is 4.90 Å². The van der Waals surface area contributed by atoms with Gasteiger partial charge in [0.15, 0.2) is 0 Å². The maximum Gasteiger partial charge on any atom is 0.416 e. The van der Waals surface area contributed by atoms with Crippen LogP contribution in [0.2, 0.25) is 0 Å². The fourth-order valence-corrected chi connectivity index (χ4v) is 5.14. The Hall–Kier alpha value is -2.66. The second-order valence-electron chi connectivity index (χ2n) is 9.35. The number of amides is 1. The third-order valence-corrected chi connectivity index (χ3v) is 6.89. The summed E-state index contributed by atoms with van der Waals surface area (Å²) in [7, 11) is 0. The molecule has 0 aromatic heterocycles. The van der Waals surface area contributed by atoms with Gasteiger partial charge in [-0.2, -0.15) is 26.3 Å². The fraction of sp³-hybridized carbons (Fsp3) is 0.480. The van der Waals surface area contributed by atoms with Crippen molar-refractivity contribution in [3.63, 3.8) is 0 Å². The van der Waals surface area contributed by atoms with E-state index in [1.54, 1.807) is 12.1 Å². The van der Waals surface area contributed by atoms with Crippen LogP contribution in [-0.2, 0) is 12.4 Å². The van der Waals surface area contributed by atoms with Crippen molar-refractivity contribution in [1.29, 1.82) is 0 Å². The third-order valence-electron chi connectivity index (χ3n) is 6.89. The molecule has 196 valence electrons. The minimum absolute atomic E-state index is 0.00794. The molecule has 2 aliphatic rings. The Labute approximate surface area is 203 Å². The van der Waals surface area contributed by atoms with Crippen LogP contribution in [0, 0.1) is 5.82 Å². The molecule has 0 aliphatic carbocycles. The van der Waals surface area contributed by atoms with Gasteiger partial charge in [-0.15, -0.1) is 0 Å². The molecule has 4 nitrogen and oxygen atoms in total. The van der Waals surface area contributed by atoms with Gasteiger partial charge in [-0.25, -0.2) is 4.39 Å². The molecular formula is C25H25F7N2O2. The Balaban J connectivity index is 1.65. The number of alkyl halides is 6. The van der Waals surface area contributed by atoms with Crippen molar-refractivity contribution in [3.8, 4) is 0 Å². The van der Waals surface area contributed by atoms with Crippen molar-refractivity contribution in [2.24, 2.45) is 0 Å². The number of aliphatic hydroxyl groups is 1. The van der Waals surface area contributed by atoms with Gasteiger partial charge in [-0.1, -0.05) is 12.1 Å².